The molecule has 9 nitrogen and oxygen atoms in total. The standard InChI is InChI=1S/C18H22ClN3O6/c1-11(17(25)20-13-9-12(19)6-7-14(13)27-3)28-16(24)5-4-8-22-15(23)10-21(2)18(22)26/h6-7,9,11H,4-5,8,10H2,1-3H3,(H,20,25)/t11-/m1/s1. The Hall–Kier alpha value is -2.81. The molecule has 1 aliphatic heterocycles. The van der Waals surface area contributed by atoms with Crippen LogP contribution in [0.1, 0.15) is 19.8 Å². The summed E-state index contributed by atoms with van der Waals surface area (Å²) in [5, 5.41) is 3.01. The summed E-state index contributed by atoms with van der Waals surface area (Å²) in [5.74, 6) is -1.03. The number of hydrogen-bond donors (Lipinski definition) is 1. The van der Waals surface area contributed by atoms with Gasteiger partial charge in [-0.25, -0.2) is 4.79 Å². The van der Waals surface area contributed by atoms with E-state index < -0.39 is 18.0 Å². The van der Waals surface area contributed by atoms with Gasteiger partial charge in [-0.2, -0.15) is 0 Å². The monoisotopic (exact) mass is 411 g/mol. The van der Waals surface area contributed by atoms with Crippen molar-refractivity contribution in [2.45, 2.75) is 25.9 Å². The molecule has 1 aromatic carbocycles. The molecule has 1 fully saturated rings. The molecule has 0 aromatic heterocycles. The van der Waals surface area contributed by atoms with Crippen LogP contribution in [0.3, 0.4) is 0 Å². The van der Waals surface area contributed by atoms with Gasteiger partial charge in [-0.05, 0) is 31.5 Å². The quantitative estimate of drug-likeness (QED) is 0.517. The van der Waals surface area contributed by atoms with Gasteiger partial charge in [-0.15, -0.1) is 0 Å². The lowest BCUT2D eigenvalue weighted by Crippen LogP contribution is -2.33. The predicted octanol–water partition coefficient (Wildman–Crippen LogP) is 1.89. The van der Waals surface area contributed by atoms with Gasteiger partial charge in [0.1, 0.15) is 12.3 Å². The lowest BCUT2D eigenvalue weighted by atomic mass is 10.2. The number of ether oxygens (including phenoxy) is 2. The van der Waals surface area contributed by atoms with Crippen molar-refractivity contribution in [2.24, 2.45) is 0 Å². The van der Waals surface area contributed by atoms with Crippen molar-refractivity contribution in [1.82, 2.24) is 9.80 Å². The Morgan fingerprint density at radius 1 is 1.32 bits per heavy atom. The number of halogens is 1. The molecule has 0 radical (unpaired) electrons. The molecule has 0 spiro atoms. The molecule has 1 saturated heterocycles. The molecule has 1 heterocycles. The first-order valence-electron chi connectivity index (χ1n) is 8.62. The van der Waals surface area contributed by atoms with Crippen LogP contribution in [0.4, 0.5) is 10.5 Å². The molecule has 0 bridgehead atoms. The molecule has 0 saturated carbocycles. The molecule has 10 heteroatoms. The number of imide groups is 1. The number of nitrogens with one attached hydrogen (secondary N) is 1. The van der Waals surface area contributed by atoms with E-state index >= 15 is 0 Å². The Kier molecular flexibility index (Phi) is 7.22. The van der Waals surface area contributed by atoms with Crippen LogP contribution in [0.15, 0.2) is 18.2 Å². The van der Waals surface area contributed by atoms with Crippen molar-refractivity contribution in [3.05, 3.63) is 23.2 Å². The van der Waals surface area contributed by atoms with Crippen molar-refractivity contribution in [3.8, 4) is 5.75 Å². The first-order chi connectivity index (χ1) is 13.2. The predicted molar refractivity (Wildman–Crippen MR) is 101 cm³/mol. The van der Waals surface area contributed by atoms with E-state index in [2.05, 4.69) is 5.32 Å². The molecule has 0 unspecified atom stereocenters. The topological polar surface area (TPSA) is 105 Å². The highest BCUT2D eigenvalue weighted by Crippen LogP contribution is 2.27. The Morgan fingerprint density at radius 3 is 2.64 bits per heavy atom. The number of carbonyl (C=O) groups excluding carboxylic acids is 4. The summed E-state index contributed by atoms with van der Waals surface area (Å²) in [4.78, 5) is 50.0. The molecule has 4 amide bonds. The lowest BCUT2D eigenvalue weighted by Gasteiger charge is -2.16. The van der Waals surface area contributed by atoms with E-state index in [-0.39, 0.29) is 37.9 Å². The average Bonchev–Trinajstić information content (AvgIpc) is 2.87. The third-order valence-electron chi connectivity index (χ3n) is 4.09. The average molecular weight is 412 g/mol. The summed E-state index contributed by atoms with van der Waals surface area (Å²) in [6, 6.07) is 4.36. The van der Waals surface area contributed by atoms with Crippen molar-refractivity contribution in [1.29, 1.82) is 0 Å². The molecule has 1 aromatic rings. The molecule has 1 aliphatic rings. The van der Waals surface area contributed by atoms with Crippen LogP contribution >= 0.6 is 11.6 Å². The van der Waals surface area contributed by atoms with Gasteiger partial charge in [0.2, 0.25) is 5.91 Å². The highest BCUT2D eigenvalue weighted by molar-refractivity contribution is 6.31. The summed E-state index contributed by atoms with van der Waals surface area (Å²) >= 11 is 5.91. The van der Waals surface area contributed by atoms with Gasteiger partial charge < -0.3 is 19.7 Å². The highest BCUT2D eigenvalue weighted by Gasteiger charge is 2.33. The summed E-state index contributed by atoms with van der Waals surface area (Å²) in [6.45, 7) is 1.59. The molecule has 28 heavy (non-hydrogen) atoms. The maximum atomic E-state index is 12.2. The lowest BCUT2D eigenvalue weighted by molar-refractivity contribution is -0.153. The van der Waals surface area contributed by atoms with Gasteiger partial charge in [-0.1, -0.05) is 11.6 Å². The largest absolute Gasteiger partial charge is 0.495 e. The van der Waals surface area contributed by atoms with Crippen LogP contribution in [0.2, 0.25) is 5.02 Å². The van der Waals surface area contributed by atoms with Crippen LogP contribution in [-0.2, 0) is 19.1 Å². The molecule has 2 rings (SSSR count). The van der Waals surface area contributed by atoms with E-state index in [1.54, 1.807) is 12.1 Å². The zero-order valence-corrected chi connectivity index (χ0v) is 16.6. The van der Waals surface area contributed by atoms with E-state index in [1.807, 2.05) is 0 Å². The molecule has 1 atom stereocenters. The number of nitrogens with zero attached hydrogens (tertiary/aromatic N) is 2. The van der Waals surface area contributed by atoms with Crippen molar-refractivity contribution < 1.29 is 28.7 Å². The number of rotatable bonds is 8. The van der Waals surface area contributed by atoms with Gasteiger partial charge in [0, 0.05) is 25.0 Å². The number of benzene rings is 1. The van der Waals surface area contributed by atoms with Crippen molar-refractivity contribution in [3.63, 3.8) is 0 Å². The number of hydrogen-bond acceptors (Lipinski definition) is 6. The van der Waals surface area contributed by atoms with Crippen LogP contribution in [0.5, 0.6) is 5.75 Å². The van der Waals surface area contributed by atoms with Gasteiger partial charge in [0.25, 0.3) is 5.91 Å². The second kappa shape index (κ2) is 9.41. The fourth-order valence-electron chi connectivity index (χ4n) is 2.59. The number of likely N-dealkylation sites (N-methyl/N-ethyl adjacent to an activating group) is 1. The molecule has 0 aliphatic carbocycles. The number of esters is 1. The van der Waals surface area contributed by atoms with Gasteiger partial charge in [0.05, 0.1) is 12.8 Å². The summed E-state index contributed by atoms with van der Waals surface area (Å²) in [7, 11) is 2.99. The van der Waals surface area contributed by atoms with E-state index in [4.69, 9.17) is 21.1 Å². The van der Waals surface area contributed by atoms with Crippen LogP contribution in [0, 0.1) is 0 Å². The van der Waals surface area contributed by atoms with Gasteiger partial charge >= 0.3 is 12.0 Å². The number of carbonyl (C=O) groups is 4. The zero-order chi connectivity index (χ0) is 20.8. The molecule has 152 valence electrons. The molecular weight excluding hydrogens is 390 g/mol. The second-order valence-corrected chi connectivity index (χ2v) is 6.69. The SMILES string of the molecule is COc1ccc(Cl)cc1NC(=O)[C@@H](C)OC(=O)CCCN1C(=O)CN(C)C1=O. The Labute approximate surface area is 167 Å². The second-order valence-electron chi connectivity index (χ2n) is 6.25. The normalized spacial score (nSPS) is 14.9. The zero-order valence-electron chi connectivity index (χ0n) is 15.9. The van der Waals surface area contributed by atoms with Gasteiger partial charge in [0.15, 0.2) is 6.10 Å². The van der Waals surface area contributed by atoms with E-state index in [0.29, 0.717) is 16.5 Å². The number of anilines is 1. The van der Waals surface area contributed by atoms with E-state index in [1.165, 1.54) is 32.0 Å². The smallest absolute Gasteiger partial charge is 0.326 e. The van der Waals surface area contributed by atoms with E-state index in [0.717, 1.165) is 4.90 Å². The molecule has 1 N–H and O–H groups in total. The minimum atomic E-state index is -1.04. The van der Waals surface area contributed by atoms with Gasteiger partial charge in [-0.3, -0.25) is 19.3 Å². The summed E-state index contributed by atoms with van der Waals surface area (Å²) < 4.78 is 10.2. The Balaban J connectivity index is 1.80. The third-order valence-corrected chi connectivity index (χ3v) is 4.33. The Bertz CT molecular complexity index is 785. The fourth-order valence-corrected chi connectivity index (χ4v) is 2.76. The number of methoxy groups -OCH3 is 1. The molecular formula is C18H22ClN3O6. The van der Waals surface area contributed by atoms with Crippen molar-refractivity contribution >= 4 is 41.1 Å². The minimum absolute atomic E-state index is 0.0289. The van der Waals surface area contributed by atoms with Crippen molar-refractivity contribution in [2.75, 3.05) is 32.6 Å². The summed E-state index contributed by atoms with van der Waals surface area (Å²) in [6.07, 6.45) is -0.822. The first kappa shape index (κ1) is 21.5. The van der Waals surface area contributed by atoms with E-state index in [9.17, 15) is 19.2 Å². The number of urea groups is 1. The minimum Gasteiger partial charge on any atom is -0.495 e. The van der Waals surface area contributed by atoms with Crippen LogP contribution in [-0.4, -0.2) is 67.0 Å². The van der Waals surface area contributed by atoms with Crippen LogP contribution < -0.4 is 10.1 Å². The number of amides is 4. The maximum absolute atomic E-state index is 12.2. The highest BCUT2D eigenvalue weighted by atomic mass is 35.5. The Morgan fingerprint density at radius 2 is 2.04 bits per heavy atom. The third kappa shape index (κ3) is 5.35. The maximum Gasteiger partial charge on any atom is 0.326 e. The summed E-state index contributed by atoms with van der Waals surface area (Å²) in [5.41, 5.74) is 0.359. The first-order valence-corrected chi connectivity index (χ1v) is 9.00. The van der Waals surface area contributed by atoms with Crippen LogP contribution in [0.25, 0.3) is 0 Å². The fraction of sp³-hybridized carbons (Fsp3) is 0.444.